The molecule has 19 heavy (non-hydrogen) atoms. The molecule has 1 rings (SSSR count). The molecule has 0 saturated carbocycles. The fourth-order valence-corrected chi connectivity index (χ4v) is 2.55. The topological polar surface area (TPSA) is 116 Å². The molecule has 0 aromatic rings. The molecule has 1 heterocycles. The maximum absolute atomic E-state index is 11.9. The van der Waals surface area contributed by atoms with Gasteiger partial charge in [0.1, 0.15) is 12.6 Å². The molecule has 0 aromatic carbocycles. The molecule has 0 spiro atoms. The maximum atomic E-state index is 11.9. The van der Waals surface area contributed by atoms with Crippen molar-refractivity contribution in [1.82, 2.24) is 15.5 Å². The van der Waals surface area contributed by atoms with E-state index in [1.165, 1.54) is 6.26 Å². The molecule has 3 unspecified atom stereocenters. The highest BCUT2D eigenvalue weighted by Gasteiger charge is 2.35. The number of amides is 3. The number of hydrogen-bond donors (Lipinski definition) is 3. The van der Waals surface area contributed by atoms with E-state index in [1.807, 2.05) is 0 Å². The zero-order valence-corrected chi connectivity index (χ0v) is 11.5. The van der Waals surface area contributed by atoms with E-state index in [1.54, 1.807) is 6.92 Å². The summed E-state index contributed by atoms with van der Waals surface area (Å²) in [6.45, 7) is 1.25. The molecule has 3 N–H and O–H groups in total. The van der Waals surface area contributed by atoms with Crippen LogP contribution in [0.3, 0.4) is 0 Å². The Morgan fingerprint density at radius 3 is 2.79 bits per heavy atom. The van der Waals surface area contributed by atoms with Gasteiger partial charge in [0.05, 0.1) is 0 Å². The Labute approximate surface area is 113 Å². The maximum Gasteiger partial charge on any atom is 0.328 e. The third-order valence-corrected chi connectivity index (χ3v) is 3.55. The van der Waals surface area contributed by atoms with Crippen molar-refractivity contribution < 1.29 is 23.7 Å². The zero-order valence-electron chi connectivity index (χ0n) is 10.7. The quantitative estimate of drug-likeness (QED) is 0.574. The first kappa shape index (κ1) is 15.4. The fourth-order valence-electron chi connectivity index (χ4n) is 1.76. The second-order valence-electron chi connectivity index (χ2n) is 4.38. The standard InChI is InChI=1S/C10H17N3O5S/c1-6(5-19(2)18)12-10(17)13-4-8(14)11-3-7(13)9(15)16/h6-7H,3-5H2,1-2H3,(H,11,14)(H,12,17)(H,15,16). The van der Waals surface area contributed by atoms with E-state index in [4.69, 9.17) is 5.11 Å². The molecule has 1 fully saturated rings. The van der Waals surface area contributed by atoms with Gasteiger partial charge < -0.3 is 15.7 Å². The summed E-state index contributed by atoms with van der Waals surface area (Å²) in [6.07, 6.45) is 1.51. The first-order valence-corrected chi connectivity index (χ1v) is 7.40. The van der Waals surface area contributed by atoms with Gasteiger partial charge in [0.25, 0.3) is 0 Å². The Balaban J connectivity index is 2.68. The molecule has 1 saturated heterocycles. The van der Waals surface area contributed by atoms with Gasteiger partial charge in [-0.2, -0.15) is 0 Å². The van der Waals surface area contributed by atoms with Crippen molar-refractivity contribution in [1.29, 1.82) is 0 Å². The van der Waals surface area contributed by atoms with Crippen molar-refractivity contribution in [2.24, 2.45) is 0 Å². The van der Waals surface area contributed by atoms with Crippen LogP contribution < -0.4 is 10.6 Å². The highest BCUT2D eigenvalue weighted by Crippen LogP contribution is 2.05. The lowest BCUT2D eigenvalue weighted by atomic mass is 10.2. The molecule has 0 radical (unpaired) electrons. The summed E-state index contributed by atoms with van der Waals surface area (Å²) in [4.78, 5) is 35.1. The highest BCUT2D eigenvalue weighted by molar-refractivity contribution is 7.84. The molecule has 1 aliphatic heterocycles. The monoisotopic (exact) mass is 291 g/mol. The predicted octanol–water partition coefficient (Wildman–Crippen LogP) is -1.65. The van der Waals surface area contributed by atoms with Gasteiger partial charge in [0.15, 0.2) is 0 Å². The number of urea groups is 1. The molecule has 0 bridgehead atoms. The number of nitrogens with zero attached hydrogens (tertiary/aromatic N) is 1. The summed E-state index contributed by atoms with van der Waals surface area (Å²) in [5.41, 5.74) is 0. The van der Waals surface area contributed by atoms with E-state index < -0.39 is 34.7 Å². The number of carboxylic acid groups (broad SMARTS) is 1. The Hall–Kier alpha value is -1.64. The molecule has 8 nitrogen and oxygen atoms in total. The van der Waals surface area contributed by atoms with E-state index in [-0.39, 0.29) is 24.9 Å². The van der Waals surface area contributed by atoms with Crippen molar-refractivity contribution in [2.45, 2.75) is 19.0 Å². The normalized spacial score (nSPS) is 22.3. The van der Waals surface area contributed by atoms with Gasteiger partial charge >= 0.3 is 12.0 Å². The Bertz CT molecular complexity index is 414. The molecule has 0 aromatic heterocycles. The SMILES string of the molecule is CC(CS(C)=O)NC(=O)N1CC(=O)NCC1C(=O)O. The van der Waals surface area contributed by atoms with Crippen LogP contribution in [0, 0.1) is 0 Å². The van der Waals surface area contributed by atoms with Crippen LogP contribution in [0.15, 0.2) is 0 Å². The lowest BCUT2D eigenvalue weighted by Gasteiger charge is -2.33. The van der Waals surface area contributed by atoms with Crippen LogP contribution in [0.1, 0.15) is 6.92 Å². The zero-order chi connectivity index (χ0) is 14.6. The smallest absolute Gasteiger partial charge is 0.328 e. The molecule has 3 atom stereocenters. The number of hydrogen-bond acceptors (Lipinski definition) is 4. The fraction of sp³-hybridized carbons (Fsp3) is 0.700. The van der Waals surface area contributed by atoms with Crippen LogP contribution in [0.25, 0.3) is 0 Å². The Morgan fingerprint density at radius 2 is 2.26 bits per heavy atom. The third kappa shape index (κ3) is 4.51. The minimum absolute atomic E-state index is 0.115. The van der Waals surface area contributed by atoms with Gasteiger partial charge in [-0.25, -0.2) is 9.59 Å². The molecule has 1 aliphatic rings. The summed E-state index contributed by atoms with van der Waals surface area (Å²) >= 11 is 0. The number of rotatable bonds is 4. The average Bonchev–Trinajstić information content (AvgIpc) is 2.26. The highest BCUT2D eigenvalue weighted by atomic mass is 32.2. The molecule has 0 aliphatic carbocycles. The van der Waals surface area contributed by atoms with E-state index >= 15 is 0 Å². The van der Waals surface area contributed by atoms with Gasteiger partial charge in [-0.05, 0) is 6.92 Å². The van der Waals surface area contributed by atoms with E-state index in [0.29, 0.717) is 0 Å². The first-order valence-electron chi connectivity index (χ1n) is 5.68. The summed E-state index contributed by atoms with van der Waals surface area (Å²) < 4.78 is 11.0. The van der Waals surface area contributed by atoms with Gasteiger partial charge in [-0.15, -0.1) is 0 Å². The lowest BCUT2D eigenvalue weighted by Crippen LogP contribution is -2.62. The van der Waals surface area contributed by atoms with Gasteiger partial charge in [-0.1, -0.05) is 0 Å². The van der Waals surface area contributed by atoms with Crippen molar-refractivity contribution in [3.63, 3.8) is 0 Å². The number of nitrogens with one attached hydrogen (secondary N) is 2. The predicted molar refractivity (Wildman–Crippen MR) is 68.1 cm³/mol. The van der Waals surface area contributed by atoms with Crippen molar-refractivity contribution in [3.05, 3.63) is 0 Å². The molecule has 3 amide bonds. The van der Waals surface area contributed by atoms with Gasteiger partial charge in [0.2, 0.25) is 5.91 Å². The Morgan fingerprint density at radius 1 is 1.63 bits per heavy atom. The molecular weight excluding hydrogens is 274 g/mol. The van der Waals surface area contributed by atoms with Crippen LogP contribution in [0.5, 0.6) is 0 Å². The second-order valence-corrected chi connectivity index (χ2v) is 5.86. The number of aliphatic carboxylic acids is 1. The van der Waals surface area contributed by atoms with E-state index in [2.05, 4.69) is 10.6 Å². The number of carbonyl (C=O) groups is 3. The van der Waals surface area contributed by atoms with Crippen molar-refractivity contribution in [3.8, 4) is 0 Å². The summed E-state index contributed by atoms with van der Waals surface area (Å²) in [5.74, 6) is -1.31. The van der Waals surface area contributed by atoms with Crippen molar-refractivity contribution in [2.75, 3.05) is 25.1 Å². The summed E-state index contributed by atoms with van der Waals surface area (Å²) in [6, 6.07) is -2.09. The molecule has 108 valence electrons. The number of carboxylic acids is 1. The van der Waals surface area contributed by atoms with Gasteiger partial charge in [-0.3, -0.25) is 13.9 Å². The van der Waals surface area contributed by atoms with Crippen LogP contribution >= 0.6 is 0 Å². The third-order valence-electron chi connectivity index (χ3n) is 2.58. The second kappa shape index (κ2) is 6.50. The Kier molecular flexibility index (Phi) is 5.28. The largest absolute Gasteiger partial charge is 0.480 e. The van der Waals surface area contributed by atoms with E-state index in [9.17, 15) is 18.6 Å². The number of carbonyl (C=O) groups excluding carboxylic acids is 2. The molecule has 9 heteroatoms. The number of piperazine rings is 1. The van der Waals surface area contributed by atoms with Crippen LogP contribution in [-0.4, -0.2) is 69.3 Å². The average molecular weight is 291 g/mol. The van der Waals surface area contributed by atoms with Crippen molar-refractivity contribution >= 4 is 28.7 Å². The van der Waals surface area contributed by atoms with Crippen LogP contribution in [-0.2, 0) is 20.4 Å². The minimum Gasteiger partial charge on any atom is -0.480 e. The lowest BCUT2D eigenvalue weighted by molar-refractivity contribution is -0.144. The molecular formula is C10H17N3O5S. The van der Waals surface area contributed by atoms with Crippen LogP contribution in [0.4, 0.5) is 4.79 Å². The summed E-state index contributed by atoms with van der Waals surface area (Å²) in [5, 5.41) is 13.9. The summed E-state index contributed by atoms with van der Waals surface area (Å²) in [7, 11) is -1.07. The van der Waals surface area contributed by atoms with Crippen LogP contribution in [0.2, 0.25) is 0 Å². The van der Waals surface area contributed by atoms with E-state index in [0.717, 1.165) is 4.90 Å². The van der Waals surface area contributed by atoms with Gasteiger partial charge in [0, 0.05) is 35.4 Å². The first-order chi connectivity index (χ1) is 8.81. The minimum atomic E-state index is -1.18.